The monoisotopic (exact) mass is 462 g/mol. The third-order valence-corrected chi connectivity index (χ3v) is 6.60. The maximum Gasteiger partial charge on any atom is 0.251 e. The summed E-state index contributed by atoms with van der Waals surface area (Å²) in [6, 6.07) is 21.8. The molecule has 3 aromatic rings. The summed E-state index contributed by atoms with van der Waals surface area (Å²) in [6.07, 6.45) is 5.87. The molecule has 172 valence electrons. The normalized spacial score (nSPS) is 15.1. The van der Waals surface area contributed by atoms with E-state index < -0.39 is 0 Å². The number of hydrogen-bond donors (Lipinski definition) is 3. The highest BCUT2D eigenvalue weighted by Gasteiger charge is 2.19. The van der Waals surface area contributed by atoms with Crippen LogP contribution >= 0.6 is 11.6 Å². The van der Waals surface area contributed by atoms with Crippen LogP contribution in [0.2, 0.25) is 5.02 Å². The number of phenolic OH excluding ortho intramolecular Hbond substituents is 1. The second kappa shape index (κ2) is 11.4. The summed E-state index contributed by atoms with van der Waals surface area (Å²) in [4.78, 5) is 12.8. The third-order valence-electron chi connectivity index (χ3n) is 6.35. The zero-order chi connectivity index (χ0) is 23.0. The van der Waals surface area contributed by atoms with Crippen molar-refractivity contribution in [3.63, 3.8) is 0 Å². The Morgan fingerprint density at radius 2 is 1.82 bits per heavy atom. The largest absolute Gasteiger partial charge is 0.508 e. The minimum absolute atomic E-state index is 0.0108. The standard InChI is InChI=1S/C28H31ClN2O2/c29-24-12-8-20(9-13-24)5-3-4-16-30-28(33)27-7-2-1-6-23(27)19-31-25-14-10-22-18-26(32)15-11-21(22)17-25/h1-2,6-9,11-13,15,18,25,31-32H,3-5,10,14,16-17,19H2,(H,30,33). The van der Waals surface area contributed by atoms with E-state index in [1.807, 2.05) is 48.5 Å². The number of fused-ring (bicyclic) bond motifs is 1. The molecule has 1 amide bonds. The second-order valence-electron chi connectivity index (χ2n) is 8.77. The van der Waals surface area contributed by atoms with Gasteiger partial charge in [0, 0.05) is 29.7 Å². The Labute approximate surface area is 201 Å². The van der Waals surface area contributed by atoms with Crippen molar-refractivity contribution in [1.82, 2.24) is 10.6 Å². The van der Waals surface area contributed by atoms with Crippen LogP contribution in [0, 0.1) is 0 Å². The molecule has 1 aliphatic carbocycles. The van der Waals surface area contributed by atoms with Gasteiger partial charge in [-0.05, 0) is 91.1 Å². The van der Waals surface area contributed by atoms with Crippen molar-refractivity contribution in [3.8, 4) is 5.75 Å². The molecule has 5 heteroatoms. The number of aromatic hydroxyl groups is 1. The number of nitrogens with one attached hydrogen (secondary N) is 2. The van der Waals surface area contributed by atoms with Gasteiger partial charge in [0.2, 0.25) is 0 Å². The molecule has 4 rings (SSSR count). The number of carbonyl (C=O) groups excluding carboxylic acids is 1. The highest BCUT2D eigenvalue weighted by molar-refractivity contribution is 6.30. The molecule has 1 unspecified atom stereocenters. The summed E-state index contributed by atoms with van der Waals surface area (Å²) in [5.41, 5.74) is 5.56. The molecule has 0 aromatic heterocycles. The number of carbonyl (C=O) groups is 1. The van der Waals surface area contributed by atoms with E-state index >= 15 is 0 Å². The van der Waals surface area contributed by atoms with Gasteiger partial charge in [0.05, 0.1) is 0 Å². The maximum atomic E-state index is 12.8. The van der Waals surface area contributed by atoms with Crippen LogP contribution in [0.15, 0.2) is 66.7 Å². The quantitative estimate of drug-likeness (QED) is 0.371. The van der Waals surface area contributed by atoms with Gasteiger partial charge in [0.1, 0.15) is 5.75 Å². The van der Waals surface area contributed by atoms with E-state index in [9.17, 15) is 9.90 Å². The average molecular weight is 463 g/mol. The molecule has 0 heterocycles. The molecule has 33 heavy (non-hydrogen) atoms. The Balaban J connectivity index is 1.24. The minimum Gasteiger partial charge on any atom is -0.508 e. The summed E-state index contributed by atoms with van der Waals surface area (Å²) < 4.78 is 0. The minimum atomic E-state index is -0.0108. The number of unbranched alkanes of at least 4 members (excludes halogenated alkanes) is 1. The molecule has 0 saturated heterocycles. The molecular formula is C28H31ClN2O2. The predicted octanol–water partition coefficient (Wildman–Crippen LogP) is 5.45. The lowest BCUT2D eigenvalue weighted by Gasteiger charge is -2.26. The van der Waals surface area contributed by atoms with Gasteiger partial charge in [0.15, 0.2) is 0 Å². The Kier molecular flexibility index (Phi) is 8.03. The second-order valence-corrected chi connectivity index (χ2v) is 9.21. The van der Waals surface area contributed by atoms with Crippen LogP contribution in [0.5, 0.6) is 5.75 Å². The molecule has 0 bridgehead atoms. The summed E-state index contributed by atoms with van der Waals surface area (Å²) in [7, 11) is 0. The molecule has 3 aromatic carbocycles. The first kappa shape index (κ1) is 23.3. The molecule has 0 spiro atoms. The number of benzene rings is 3. The SMILES string of the molecule is O=C(NCCCCc1ccc(Cl)cc1)c1ccccc1CNC1CCc2cc(O)ccc2C1. The van der Waals surface area contributed by atoms with Crippen LogP contribution in [0.4, 0.5) is 0 Å². The van der Waals surface area contributed by atoms with Crippen molar-refractivity contribution in [2.24, 2.45) is 0 Å². The van der Waals surface area contributed by atoms with E-state index in [0.29, 0.717) is 24.9 Å². The van der Waals surface area contributed by atoms with Crippen LogP contribution in [0.25, 0.3) is 0 Å². The lowest BCUT2D eigenvalue weighted by molar-refractivity contribution is 0.0952. The van der Waals surface area contributed by atoms with Crippen LogP contribution in [-0.4, -0.2) is 23.6 Å². The van der Waals surface area contributed by atoms with Crippen LogP contribution in [-0.2, 0) is 25.8 Å². The van der Waals surface area contributed by atoms with Crippen molar-refractivity contribution in [2.75, 3.05) is 6.54 Å². The number of phenols is 1. The number of rotatable bonds is 9. The molecule has 0 radical (unpaired) electrons. The maximum absolute atomic E-state index is 12.8. The fourth-order valence-electron chi connectivity index (χ4n) is 4.47. The third kappa shape index (κ3) is 6.59. The van der Waals surface area contributed by atoms with Crippen LogP contribution in [0.1, 0.15) is 51.9 Å². The van der Waals surface area contributed by atoms with Crippen molar-refractivity contribution in [3.05, 3.63) is 99.6 Å². The molecule has 1 aliphatic rings. The smallest absolute Gasteiger partial charge is 0.251 e. The Morgan fingerprint density at radius 1 is 1.00 bits per heavy atom. The lowest BCUT2D eigenvalue weighted by Crippen LogP contribution is -2.35. The van der Waals surface area contributed by atoms with E-state index in [1.165, 1.54) is 16.7 Å². The van der Waals surface area contributed by atoms with Crippen LogP contribution < -0.4 is 10.6 Å². The lowest BCUT2D eigenvalue weighted by atomic mass is 9.88. The number of halogens is 1. The van der Waals surface area contributed by atoms with E-state index in [4.69, 9.17) is 11.6 Å². The Morgan fingerprint density at radius 3 is 2.67 bits per heavy atom. The number of hydrogen-bond acceptors (Lipinski definition) is 3. The van der Waals surface area contributed by atoms with Crippen molar-refractivity contribution < 1.29 is 9.90 Å². The van der Waals surface area contributed by atoms with E-state index in [-0.39, 0.29) is 5.91 Å². The molecule has 0 fully saturated rings. The summed E-state index contributed by atoms with van der Waals surface area (Å²) >= 11 is 5.93. The van der Waals surface area contributed by atoms with Gasteiger partial charge in [-0.15, -0.1) is 0 Å². The van der Waals surface area contributed by atoms with E-state index in [0.717, 1.165) is 54.7 Å². The van der Waals surface area contributed by atoms with Gasteiger partial charge < -0.3 is 15.7 Å². The van der Waals surface area contributed by atoms with Gasteiger partial charge >= 0.3 is 0 Å². The average Bonchev–Trinajstić information content (AvgIpc) is 2.83. The van der Waals surface area contributed by atoms with Gasteiger partial charge in [-0.1, -0.05) is 48.0 Å². The van der Waals surface area contributed by atoms with Crippen molar-refractivity contribution >= 4 is 17.5 Å². The fraction of sp³-hybridized carbons (Fsp3) is 0.321. The summed E-state index contributed by atoms with van der Waals surface area (Å²) in [6.45, 7) is 1.33. The first-order valence-corrected chi connectivity index (χ1v) is 12.1. The number of aryl methyl sites for hydroxylation is 2. The zero-order valence-corrected chi connectivity index (χ0v) is 19.6. The molecule has 0 saturated carbocycles. The molecule has 4 nitrogen and oxygen atoms in total. The zero-order valence-electron chi connectivity index (χ0n) is 18.8. The summed E-state index contributed by atoms with van der Waals surface area (Å²) in [5, 5.41) is 17.2. The van der Waals surface area contributed by atoms with Gasteiger partial charge in [-0.2, -0.15) is 0 Å². The van der Waals surface area contributed by atoms with Gasteiger partial charge in [0.25, 0.3) is 5.91 Å². The van der Waals surface area contributed by atoms with Gasteiger partial charge in [-0.25, -0.2) is 0 Å². The Hall–Kier alpha value is -2.82. The van der Waals surface area contributed by atoms with Crippen LogP contribution in [0.3, 0.4) is 0 Å². The van der Waals surface area contributed by atoms with Crippen molar-refractivity contribution in [2.45, 2.75) is 51.1 Å². The van der Waals surface area contributed by atoms with Crippen molar-refractivity contribution in [1.29, 1.82) is 0 Å². The highest BCUT2D eigenvalue weighted by atomic mass is 35.5. The topological polar surface area (TPSA) is 61.4 Å². The van der Waals surface area contributed by atoms with E-state index in [2.05, 4.69) is 22.8 Å². The van der Waals surface area contributed by atoms with E-state index in [1.54, 1.807) is 6.07 Å². The first-order valence-electron chi connectivity index (χ1n) is 11.7. The first-order chi connectivity index (χ1) is 16.1. The predicted molar refractivity (Wildman–Crippen MR) is 134 cm³/mol. The highest BCUT2D eigenvalue weighted by Crippen LogP contribution is 2.25. The fourth-order valence-corrected chi connectivity index (χ4v) is 4.59. The van der Waals surface area contributed by atoms with Gasteiger partial charge in [-0.3, -0.25) is 4.79 Å². The molecule has 0 aliphatic heterocycles. The number of amides is 1. The Bertz CT molecular complexity index is 1080. The molecule has 1 atom stereocenters. The molecule has 3 N–H and O–H groups in total. The molecular weight excluding hydrogens is 432 g/mol. The summed E-state index contributed by atoms with van der Waals surface area (Å²) in [5.74, 6) is 0.327.